The highest BCUT2D eigenvalue weighted by Crippen LogP contribution is 2.31. The first-order valence-corrected chi connectivity index (χ1v) is 6.74. The van der Waals surface area contributed by atoms with E-state index >= 15 is 0 Å². The van der Waals surface area contributed by atoms with Crippen LogP contribution in [0.15, 0.2) is 30.5 Å². The molecular weight excluding hydrogens is 191 g/mol. The highest BCUT2D eigenvalue weighted by Gasteiger charge is 2.08. The van der Waals surface area contributed by atoms with E-state index in [1.54, 1.807) is 0 Å². The zero-order chi connectivity index (χ0) is 10.1. The lowest BCUT2D eigenvalue weighted by Crippen LogP contribution is -2.08. The van der Waals surface area contributed by atoms with Gasteiger partial charge in [-0.1, -0.05) is 14.0 Å². The normalized spacial score (nSPS) is 11.1. The summed E-state index contributed by atoms with van der Waals surface area (Å²) in [6.07, 6.45) is 1.82. The van der Waals surface area contributed by atoms with Crippen molar-refractivity contribution in [2.45, 2.75) is 0 Å². The third-order valence-corrected chi connectivity index (χ3v) is 3.63. The lowest BCUT2D eigenvalue weighted by Gasteiger charge is -2.12. The fourth-order valence-corrected chi connectivity index (χ4v) is 2.91. The van der Waals surface area contributed by atoms with Crippen LogP contribution in [0.4, 0.5) is 5.69 Å². The van der Waals surface area contributed by atoms with Gasteiger partial charge in [-0.2, -0.15) is 0 Å². The minimum absolute atomic E-state index is 0.181. The lowest BCUT2D eigenvalue weighted by atomic mass is 10.2. The molecule has 2 N–H and O–H groups in total. The Morgan fingerprint density at radius 2 is 2.00 bits per heavy atom. The molecule has 0 amide bonds. The Hall–Kier alpha value is -1.14. The number of pyridine rings is 1. The van der Waals surface area contributed by atoms with Crippen molar-refractivity contribution >= 4 is 29.8 Å². The van der Waals surface area contributed by atoms with Gasteiger partial charge in [-0.3, -0.25) is 4.98 Å². The van der Waals surface area contributed by atoms with Gasteiger partial charge in [0.2, 0.25) is 0 Å². The molecule has 2 rings (SSSR count). The summed E-state index contributed by atoms with van der Waals surface area (Å²) in [7, 11) is -0.181. The highest BCUT2D eigenvalue weighted by molar-refractivity contribution is 7.65. The zero-order valence-electron chi connectivity index (χ0n) is 8.36. The van der Waals surface area contributed by atoms with Crippen LogP contribution < -0.4 is 11.0 Å². The summed E-state index contributed by atoms with van der Waals surface area (Å²) in [6.45, 7) is 4.43. The summed E-state index contributed by atoms with van der Waals surface area (Å²) in [5, 5.41) is 2.47. The van der Waals surface area contributed by atoms with E-state index in [-0.39, 0.29) is 7.92 Å². The molecule has 0 spiro atoms. The fraction of sp³-hybridized carbons (Fsp3) is 0.182. The van der Waals surface area contributed by atoms with Gasteiger partial charge in [0.15, 0.2) is 0 Å². The van der Waals surface area contributed by atoms with Crippen molar-refractivity contribution in [3.63, 3.8) is 0 Å². The maximum Gasteiger partial charge on any atom is 0.0709 e. The molecule has 0 radical (unpaired) electrons. The van der Waals surface area contributed by atoms with E-state index < -0.39 is 0 Å². The number of hydrogen-bond donors (Lipinski definition) is 1. The van der Waals surface area contributed by atoms with Gasteiger partial charge in [-0.25, -0.2) is 0 Å². The van der Waals surface area contributed by atoms with Crippen LogP contribution in [-0.2, 0) is 0 Å². The maximum atomic E-state index is 5.98. The standard InChI is InChI=1S/C11H13N2P/c1-14(2)11-8-4-3-7-13-10(8)6-5-9(11)12/h3-7H,12H2,1-2H3. The molecule has 1 aromatic heterocycles. The smallest absolute Gasteiger partial charge is 0.0709 e. The Balaban J connectivity index is 2.83. The van der Waals surface area contributed by atoms with Gasteiger partial charge in [0.05, 0.1) is 5.52 Å². The molecule has 1 aromatic carbocycles. The monoisotopic (exact) mass is 204 g/mol. The Labute approximate surface area is 84.9 Å². The van der Waals surface area contributed by atoms with E-state index in [9.17, 15) is 0 Å². The summed E-state index contributed by atoms with van der Waals surface area (Å²) in [4.78, 5) is 4.32. The molecule has 72 valence electrons. The lowest BCUT2D eigenvalue weighted by molar-refractivity contribution is 1.42. The van der Waals surface area contributed by atoms with Crippen molar-refractivity contribution in [3.8, 4) is 0 Å². The van der Waals surface area contributed by atoms with Gasteiger partial charge in [0.1, 0.15) is 0 Å². The zero-order valence-corrected chi connectivity index (χ0v) is 9.25. The molecule has 0 aliphatic carbocycles. The quantitative estimate of drug-likeness (QED) is 0.571. The topological polar surface area (TPSA) is 38.9 Å². The molecular formula is C11H13N2P. The fourth-order valence-electron chi connectivity index (χ4n) is 1.65. The molecule has 0 saturated carbocycles. The van der Waals surface area contributed by atoms with Gasteiger partial charge in [0.25, 0.3) is 0 Å². The van der Waals surface area contributed by atoms with Gasteiger partial charge in [0, 0.05) is 22.6 Å². The van der Waals surface area contributed by atoms with Crippen LogP contribution >= 0.6 is 7.92 Å². The second-order valence-electron chi connectivity index (χ2n) is 3.47. The molecule has 0 bridgehead atoms. The summed E-state index contributed by atoms with van der Waals surface area (Å²) in [6, 6.07) is 7.99. The third kappa shape index (κ3) is 1.46. The predicted molar refractivity (Wildman–Crippen MR) is 64.6 cm³/mol. The Morgan fingerprint density at radius 1 is 1.21 bits per heavy atom. The van der Waals surface area contributed by atoms with Crippen molar-refractivity contribution in [3.05, 3.63) is 30.5 Å². The summed E-state index contributed by atoms with van der Waals surface area (Å²) < 4.78 is 0. The van der Waals surface area contributed by atoms with Crippen LogP contribution in [-0.4, -0.2) is 18.3 Å². The number of nitrogen functional groups attached to an aromatic ring is 1. The second kappa shape index (κ2) is 3.55. The van der Waals surface area contributed by atoms with E-state index in [2.05, 4.69) is 24.4 Å². The molecule has 2 aromatic rings. The molecule has 14 heavy (non-hydrogen) atoms. The Bertz CT molecular complexity index is 466. The number of nitrogens with zero attached hydrogens (tertiary/aromatic N) is 1. The van der Waals surface area contributed by atoms with Crippen LogP contribution in [0.1, 0.15) is 0 Å². The van der Waals surface area contributed by atoms with E-state index in [1.165, 1.54) is 10.7 Å². The van der Waals surface area contributed by atoms with Crippen molar-refractivity contribution in [1.29, 1.82) is 0 Å². The minimum Gasteiger partial charge on any atom is -0.398 e. The van der Waals surface area contributed by atoms with Crippen molar-refractivity contribution in [1.82, 2.24) is 4.98 Å². The van der Waals surface area contributed by atoms with Crippen LogP contribution in [0.2, 0.25) is 0 Å². The first kappa shape index (κ1) is 9.42. The van der Waals surface area contributed by atoms with Gasteiger partial charge >= 0.3 is 0 Å². The number of aromatic nitrogens is 1. The van der Waals surface area contributed by atoms with Gasteiger partial charge < -0.3 is 5.73 Å². The molecule has 0 saturated heterocycles. The number of rotatable bonds is 1. The molecule has 0 fully saturated rings. The average Bonchev–Trinajstić information content (AvgIpc) is 2.17. The first-order valence-electron chi connectivity index (χ1n) is 4.50. The van der Waals surface area contributed by atoms with Crippen LogP contribution in [0.25, 0.3) is 10.9 Å². The minimum atomic E-state index is -0.181. The van der Waals surface area contributed by atoms with Crippen molar-refractivity contribution < 1.29 is 0 Å². The molecule has 3 heteroatoms. The van der Waals surface area contributed by atoms with Gasteiger partial charge in [-0.05, 0) is 31.5 Å². The number of nitrogens with two attached hydrogens (primary N) is 1. The maximum absolute atomic E-state index is 5.98. The molecule has 0 unspecified atom stereocenters. The molecule has 2 nitrogen and oxygen atoms in total. The van der Waals surface area contributed by atoms with E-state index in [1.807, 2.05) is 24.4 Å². The number of fused-ring (bicyclic) bond motifs is 1. The molecule has 0 aliphatic rings. The summed E-state index contributed by atoms with van der Waals surface area (Å²) in [5.74, 6) is 0. The number of benzene rings is 1. The van der Waals surface area contributed by atoms with E-state index in [0.29, 0.717) is 0 Å². The Kier molecular flexibility index (Phi) is 2.39. The largest absolute Gasteiger partial charge is 0.398 e. The highest BCUT2D eigenvalue weighted by atomic mass is 31.1. The van der Waals surface area contributed by atoms with Crippen LogP contribution in [0.3, 0.4) is 0 Å². The van der Waals surface area contributed by atoms with Crippen LogP contribution in [0.5, 0.6) is 0 Å². The number of hydrogen-bond acceptors (Lipinski definition) is 2. The van der Waals surface area contributed by atoms with E-state index in [0.717, 1.165) is 11.2 Å². The third-order valence-electron chi connectivity index (χ3n) is 2.24. The van der Waals surface area contributed by atoms with Crippen LogP contribution in [0, 0.1) is 0 Å². The van der Waals surface area contributed by atoms with Crippen molar-refractivity contribution in [2.24, 2.45) is 0 Å². The predicted octanol–water partition coefficient (Wildman–Crippen LogP) is 2.18. The van der Waals surface area contributed by atoms with Crippen molar-refractivity contribution in [2.75, 3.05) is 19.1 Å². The number of anilines is 1. The van der Waals surface area contributed by atoms with E-state index in [4.69, 9.17) is 5.73 Å². The molecule has 0 aliphatic heterocycles. The first-order chi connectivity index (χ1) is 6.70. The average molecular weight is 204 g/mol. The van der Waals surface area contributed by atoms with Gasteiger partial charge in [-0.15, -0.1) is 0 Å². The molecule has 0 atom stereocenters. The summed E-state index contributed by atoms with van der Waals surface area (Å²) >= 11 is 0. The Morgan fingerprint density at radius 3 is 2.71 bits per heavy atom. The molecule has 1 heterocycles. The second-order valence-corrected chi connectivity index (χ2v) is 5.70. The SMILES string of the molecule is CP(C)c1c(N)ccc2ncccc12. The summed E-state index contributed by atoms with van der Waals surface area (Å²) in [5.41, 5.74) is 7.90.